The molecule has 1 amide bonds. The number of hydrogen-bond acceptors (Lipinski definition) is 17. The first kappa shape index (κ1) is 34.7. The van der Waals surface area contributed by atoms with Crippen LogP contribution >= 0.6 is 0 Å². The van der Waals surface area contributed by atoms with Crippen molar-refractivity contribution < 1.29 is 54.5 Å². The maximum atomic E-state index is 12.8. The van der Waals surface area contributed by atoms with Gasteiger partial charge < -0.3 is 78.0 Å². The van der Waals surface area contributed by atoms with Crippen LogP contribution in [-0.2, 0) is 23.7 Å². The molecule has 0 radical (unpaired) electrons. The van der Waals surface area contributed by atoms with Crippen LogP contribution in [0.2, 0.25) is 0 Å². The van der Waals surface area contributed by atoms with Crippen LogP contribution < -0.4 is 33.6 Å². The van der Waals surface area contributed by atoms with Crippen molar-refractivity contribution in [2.24, 2.45) is 28.9 Å². The lowest BCUT2D eigenvalue weighted by molar-refractivity contribution is -0.320. The molecule has 14 atom stereocenters. The number of carbonyl (C=O) groups is 1. The summed E-state index contributed by atoms with van der Waals surface area (Å²) >= 11 is 0. The predicted molar refractivity (Wildman–Crippen MR) is 147 cm³/mol. The molecule has 4 aliphatic rings. The Bertz CT molecular complexity index is 893. The molecule has 0 spiro atoms. The lowest BCUT2D eigenvalue weighted by atomic mass is 9.77. The molecule has 0 bridgehead atoms. The van der Waals surface area contributed by atoms with E-state index in [1.165, 1.54) is 0 Å². The van der Waals surface area contributed by atoms with Gasteiger partial charge in [-0.05, 0) is 18.8 Å². The fraction of sp³-hybridized carbons (Fsp3) is 0.960. The lowest BCUT2D eigenvalue weighted by Gasteiger charge is -2.49. The van der Waals surface area contributed by atoms with E-state index in [4.69, 9.17) is 41.9 Å². The Morgan fingerprint density at radius 1 is 0.953 bits per heavy atom. The number of nitrogens with two attached hydrogens (primary N) is 4. The predicted octanol–water partition coefficient (Wildman–Crippen LogP) is -6.84. The molecule has 0 aromatic carbocycles. The van der Waals surface area contributed by atoms with Crippen LogP contribution in [0.3, 0.4) is 0 Å². The second-order valence-electron chi connectivity index (χ2n) is 11.9. The van der Waals surface area contributed by atoms with Gasteiger partial charge in [0.05, 0.1) is 43.5 Å². The molecule has 0 unspecified atom stereocenters. The third-order valence-electron chi connectivity index (χ3n) is 8.75. The minimum atomic E-state index is -1.55. The Kier molecular flexibility index (Phi) is 12.4. The third-order valence-corrected chi connectivity index (χ3v) is 8.75. The van der Waals surface area contributed by atoms with Crippen molar-refractivity contribution in [2.45, 2.75) is 105 Å². The molecular weight excluding hydrogens is 574 g/mol. The van der Waals surface area contributed by atoms with Gasteiger partial charge >= 0.3 is 0 Å². The number of aliphatic hydroxyl groups is 5. The minimum absolute atomic E-state index is 0.0156. The first-order valence-electron chi connectivity index (χ1n) is 14.8. The number of hydroxylamine groups is 2. The maximum Gasteiger partial charge on any atom is 0.246 e. The number of rotatable bonds is 12. The van der Waals surface area contributed by atoms with Gasteiger partial charge in [0.25, 0.3) is 0 Å². The van der Waals surface area contributed by atoms with E-state index >= 15 is 0 Å². The molecule has 16 N–H and O–H groups in total. The molecule has 0 aromatic rings. The maximum absolute atomic E-state index is 12.8. The Hall–Kier alpha value is -1.17. The van der Waals surface area contributed by atoms with Gasteiger partial charge in [0.2, 0.25) is 5.91 Å². The molecule has 250 valence electrons. The standard InChI is InChI=1S/C25H49N7O11/c26-1-2-32(39)17(35)4-10-3-12(28)23(21(38)22(10)42-25-20(37)18(29)19(36)16(9-33)41-25)43-24-13(31-11-7-30-8-11)5-14(34)15(6-27)40-24/h10-16,18-25,30-31,33-34,36-39H,1-9,26-29H2/t10-,12-,13+,14-,15+,16+,18-,19+,20+,21+,22-,23+,24+,25+/m0/s1. The fourth-order valence-corrected chi connectivity index (χ4v) is 6.10. The van der Waals surface area contributed by atoms with Crippen LogP contribution in [-0.4, -0.2) is 167 Å². The minimum Gasteiger partial charge on any atom is -0.394 e. The molecule has 3 heterocycles. The van der Waals surface area contributed by atoms with Gasteiger partial charge in [0.1, 0.15) is 30.5 Å². The summed E-state index contributed by atoms with van der Waals surface area (Å²) in [5.41, 5.74) is 23.7. The van der Waals surface area contributed by atoms with Gasteiger partial charge in [-0.3, -0.25) is 10.0 Å². The lowest BCUT2D eigenvalue weighted by Crippen LogP contribution is -2.67. The molecule has 18 nitrogen and oxygen atoms in total. The molecule has 18 heteroatoms. The molecule has 0 aromatic heterocycles. The van der Waals surface area contributed by atoms with E-state index in [1.54, 1.807) is 0 Å². The van der Waals surface area contributed by atoms with Crippen LogP contribution in [0, 0.1) is 5.92 Å². The topological polar surface area (TPSA) is 307 Å². The van der Waals surface area contributed by atoms with Gasteiger partial charge in [-0.15, -0.1) is 0 Å². The first-order chi connectivity index (χ1) is 20.5. The largest absolute Gasteiger partial charge is 0.394 e. The Morgan fingerprint density at radius 3 is 2.23 bits per heavy atom. The van der Waals surface area contributed by atoms with Crippen molar-refractivity contribution in [2.75, 3.05) is 39.3 Å². The SMILES string of the molecule is NCCN(O)C(=O)C[C@@H]1C[C@H](N)[C@@H](O[C@H]2O[C@H](CN)[C@@H](O)C[C@H]2NC2CNC2)[C@H](O)[C@H]1O[C@H]1O[C@H](CO)[C@@H](O)[C@H](N)[C@H]1O. The van der Waals surface area contributed by atoms with E-state index in [2.05, 4.69) is 10.6 Å². The fourth-order valence-electron chi connectivity index (χ4n) is 6.10. The van der Waals surface area contributed by atoms with Gasteiger partial charge in [-0.25, -0.2) is 5.06 Å². The van der Waals surface area contributed by atoms with E-state index in [0.29, 0.717) is 5.06 Å². The number of nitrogens with one attached hydrogen (secondary N) is 2. The van der Waals surface area contributed by atoms with Crippen molar-refractivity contribution in [1.82, 2.24) is 15.7 Å². The summed E-state index contributed by atoms with van der Waals surface area (Å²) in [7, 11) is 0. The summed E-state index contributed by atoms with van der Waals surface area (Å²) in [4.78, 5) is 12.8. The highest BCUT2D eigenvalue weighted by atomic mass is 16.7. The molecular formula is C25H49N7O11. The number of hydrogen-bond donors (Lipinski definition) is 12. The van der Waals surface area contributed by atoms with Crippen molar-refractivity contribution in [3.63, 3.8) is 0 Å². The van der Waals surface area contributed by atoms with E-state index in [1.807, 2.05) is 0 Å². The highest BCUT2D eigenvalue weighted by Gasteiger charge is 2.51. The molecule has 4 fully saturated rings. The molecule has 1 aliphatic carbocycles. The first-order valence-corrected chi connectivity index (χ1v) is 14.8. The van der Waals surface area contributed by atoms with Crippen molar-refractivity contribution in [3.05, 3.63) is 0 Å². The van der Waals surface area contributed by atoms with Gasteiger partial charge in [0, 0.05) is 44.7 Å². The molecule has 3 saturated heterocycles. The van der Waals surface area contributed by atoms with Crippen molar-refractivity contribution in [3.8, 4) is 0 Å². The van der Waals surface area contributed by atoms with Crippen LogP contribution in [0.4, 0.5) is 0 Å². The average molecular weight is 624 g/mol. The zero-order chi connectivity index (χ0) is 31.4. The Morgan fingerprint density at radius 2 is 1.63 bits per heavy atom. The quantitative estimate of drug-likeness (QED) is 0.0710. The summed E-state index contributed by atoms with van der Waals surface area (Å²) < 4.78 is 23.9. The molecule has 1 saturated carbocycles. The summed E-state index contributed by atoms with van der Waals surface area (Å²) in [6, 6.07) is -2.42. The summed E-state index contributed by atoms with van der Waals surface area (Å²) in [6.45, 7) is 0.746. The van der Waals surface area contributed by atoms with Crippen LogP contribution in [0.25, 0.3) is 0 Å². The van der Waals surface area contributed by atoms with Gasteiger partial charge in [-0.2, -0.15) is 0 Å². The van der Waals surface area contributed by atoms with Gasteiger partial charge in [0.15, 0.2) is 12.6 Å². The van der Waals surface area contributed by atoms with Crippen LogP contribution in [0.15, 0.2) is 0 Å². The molecule has 3 aliphatic heterocycles. The van der Waals surface area contributed by atoms with E-state index in [-0.39, 0.29) is 44.9 Å². The smallest absolute Gasteiger partial charge is 0.246 e. The zero-order valence-corrected chi connectivity index (χ0v) is 24.0. The average Bonchev–Trinajstić information content (AvgIpc) is 2.95. The Balaban J connectivity index is 1.55. The van der Waals surface area contributed by atoms with E-state index in [9.17, 15) is 35.5 Å². The van der Waals surface area contributed by atoms with E-state index < -0.39 is 98.0 Å². The summed E-state index contributed by atoms with van der Waals surface area (Å²) in [5.74, 6) is -1.49. The number of nitrogens with zero attached hydrogens (tertiary/aromatic N) is 1. The van der Waals surface area contributed by atoms with Crippen molar-refractivity contribution in [1.29, 1.82) is 0 Å². The highest BCUT2D eigenvalue weighted by Crippen LogP contribution is 2.36. The monoisotopic (exact) mass is 623 g/mol. The Labute approximate surface area is 249 Å². The number of ether oxygens (including phenoxy) is 4. The number of aliphatic hydroxyl groups excluding tert-OH is 5. The van der Waals surface area contributed by atoms with Crippen LogP contribution in [0.5, 0.6) is 0 Å². The number of carbonyl (C=O) groups excluding carboxylic acids is 1. The van der Waals surface area contributed by atoms with E-state index in [0.717, 1.165) is 13.1 Å². The second-order valence-corrected chi connectivity index (χ2v) is 11.9. The zero-order valence-electron chi connectivity index (χ0n) is 24.0. The van der Waals surface area contributed by atoms with Crippen LogP contribution in [0.1, 0.15) is 19.3 Å². The summed E-state index contributed by atoms with van der Waals surface area (Å²) in [5, 5.41) is 69.9. The molecule has 4 rings (SSSR count). The third kappa shape index (κ3) is 7.98. The number of amides is 1. The normalized spacial score (nSPS) is 44.1. The molecule has 43 heavy (non-hydrogen) atoms. The second kappa shape index (κ2) is 15.4. The van der Waals surface area contributed by atoms with Gasteiger partial charge in [-0.1, -0.05) is 0 Å². The summed E-state index contributed by atoms with van der Waals surface area (Å²) in [6.07, 6.45) is -12.0. The highest BCUT2D eigenvalue weighted by molar-refractivity contribution is 5.75. The van der Waals surface area contributed by atoms with Crippen molar-refractivity contribution >= 4 is 5.91 Å².